The molecular formula is C26H32N2O5. The van der Waals surface area contributed by atoms with Gasteiger partial charge in [-0.15, -0.1) is 0 Å². The lowest BCUT2D eigenvalue weighted by Gasteiger charge is -2.31. The molecular weight excluding hydrogens is 420 g/mol. The molecule has 0 radical (unpaired) electrons. The van der Waals surface area contributed by atoms with Crippen molar-refractivity contribution in [3.63, 3.8) is 0 Å². The largest absolute Gasteiger partial charge is 0.493 e. The number of hydrogen-bond donors (Lipinski definition) is 2. The van der Waals surface area contributed by atoms with Gasteiger partial charge in [-0.2, -0.15) is 0 Å². The Labute approximate surface area is 194 Å². The van der Waals surface area contributed by atoms with Gasteiger partial charge in [-0.05, 0) is 55.5 Å². The van der Waals surface area contributed by atoms with Crippen LogP contribution in [0, 0.1) is 5.41 Å². The molecule has 2 atom stereocenters. The highest BCUT2D eigenvalue weighted by Crippen LogP contribution is 2.45. The zero-order valence-electron chi connectivity index (χ0n) is 19.3. The highest BCUT2D eigenvalue weighted by Gasteiger charge is 2.46. The first kappa shape index (κ1) is 23.0. The van der Waals surface area contributed by atoms with E-state index in [4.69, 9.17) is 9.47 Å². The summed E-state index contributed by atoms with van der Waals surface area (Å²) >= 11 is 0. The van der Waals surface area contributed by atoms with Gasteiger partial charge in [-0.25, -0.2) is 4.79 Å². The standard InChI is InChI=1S/C26H32N2O5/c1-26(16-27-24(29)18-8-4-3-5-9-18)17-28(25(30)31)15-21(26)19-12-13-22(32-2)23(14-19)33-20-10-6-7-11-20/h3-5,8-9,12-14,20-21H,6-7,10-11,15-17H2,1-2H3,(H,27,29)(H,30,31)/t21-,26+/m0/s1. The number of nitrogens with one attached hydrogen (secondary N) is 1. The van der Waals surface area contributed by atoms with Gasteiger partial charge in [0.25, 0.3) is 5.91 Å². The van der Waals surface area contributed by atoms with Gasteiger partial charge < -0.3 is 24.8 Å². The predicted molar refractivity (Wildman–Crippen MR) is 125 cm³/mol. The van der Waals surface area contributed by atoms with Crippen LogP contribution in [0.1, 0.15) is 54.4 Å². The number of likely N-dealkylation sites (tertiary alicyclic amines) is 1. The van der Waals surface area contributed by atoms with Gasteiger partial charge in [0.05, 0.1) is 13.2 Å². The number of ether oxygens (including phenoxy) is 2. The molecule has 2 N–H and O–H groups in total. The lowest BCUT2D eigenvalue weighted by molar-refractivity contribution is 0.0931. The van der Waals surface area contributed by atoms with Crippen molar-refractivity contribution in [2.45, 2.75) is 44.6 Å². The topological polar surface area (TPSA) is 88.1 Å². The maximum atomic E-state index is 12.7. The van der Waals surface area contributed by atoms with E-state index in [2.05, 4.69) is 5.32 Å². The second-order valence-electron chi connectivity index (χ2n) is 9.35. The Hall–Kier alpha value is -3.22. The normalized spacial score (nSPS) is 22.8. The van der Waals surface area contributed by atoms with Gasteiger partial charge in [0, 0.05) is 36.5 Å². The summed E-state index contributed by atoms with van der Waals surface area (Å²) in [5, 5.41) is 12.7. The first-order chi connectivity index (χ1) is 15.9. The number of nitrogens with zero attached hydrogens (tertiary/aromatic N) is 1. The molecule has 1 heterocycles. The molecule has 0 unspecified atom stereocenters. The number of carboxylic acid groups (broad SMARTS) is 1. The average Bonchev–Trinajstić information content (AvgIpc) is 3.46. The molecule has 4 rings (SSSR count). The number of rotatable bonds is 7. The summed E-state index contributed by atoms with van der Waals surface area (Å²) in [5.74, 6) is 1.12. The van der Waals surface area contributed by atoms with Crippen molar-refractivity contribution in [1.82, 2.24) is 10.2 Å². The van der Waals surface area contributed by atoms with Crippen LogP contribution in [0.4, 0.5) is 4.79 Å². The second kappa shape index (κ2) is 9.73. The maximum Gasteiger partial charge on any atom is 0.407 e. The highest BCUT2D eigenvalue weighted by molar-refractivity contribution is 5.94. The van der Waals surface area contributed by atoms with E-state index in [9.17, 15) is 14.7 Å². The van der Waals surface area contributed by atoms with Crippen LogP contribution >= 0.6 is 0 Å². The predicted octanol–water partition coefficient (Wildman–Crippen LogP) is 4.53. The van der Waals surface area contributed by atoms with E-state index < -0.39 is 11.5 Å². The third-order valence-electron chi connectivity index (χ3n) is 6.94. The van der Waals surface area contributed by atoms with Crippen molar-refractivity contribution in [2.24, 2.45) is 5.41 Å². The molecule has 2 aromatic carbocycles. The van der Waals surface area contributed by atoms with Crippen molar-refractivity contribution in [3.8, 4) is 11.5 Å². The zero-order valence-corrected chi connectivity index (χ0v) is 19.3. The minimum atomic E-state index is -0.950. The van der Waals surface area contributed by atoms with Crippen LogP contribution in [-0.2, 0) is 0 Å². The smallest absolute Gasteiger partial charge is 0.407 e. The second-order valence-corrected chi connectivity index (χ2v) is 9.35. The molecule has 2 aliphatic rings. The van der Waals surface area contributed by atoms with Gasteiger partial charge in [0.15, 0.2) is 11.5 Å². The lowest BCUT2D eigenvalue weighted by Crippen LogP contribution is -2.40. The summed E-state index contributed by atoms with van der Waals surface area (Å²) in [4.78, 5) is 25.9. The molecule has 1 aliphatic heterocycles. The molecule has 7 heteroatoms. The van der Waals surface area contributed by atoms with Crippen molar-refractivity contribution >= 4 is 12.0 Å². The summed E-state index contributed by atoms with van der Waals surface area (Å²) < 4.78 is 11.8. The van der Waals surface area contributed by atoms with E-state index in [1.54, 1.807) is 19.2 Å². The third kappa shape index (κ3) is 5.07. The third-order valence-corrected chi connectivity index (χ3v) is 6.94. The Bertz CT molecular complexity index is 989. The van der Waals surface area contributed by atoms with E-state index in [-0.39, 0.29) is 17.9 Å². The van der Waals surface area contributed by atoms with Gasteiger partial charge in [-0.3, -0.25) is 4.79 Å². The number of benzene rings is 2. The zero-order chi connectivity index (χ0) is 23.4. The van der Waals surface area contributed by atoms with Crippen molar-refractivity contribution < 1.29 is 24.2 Å². The average molecular weight is 453 g/mol. The Kier molecular flexibility index (Phi) is 6.77. The van der Waals surface area contributed by atoms with E-state index in [1.165, 1.54) is 17.7 Å². The minimum absolute atomic E-state index is 0.0958. The van der Waals surface area contributed by atoms with Crippen LogP contribution in [0.25, 0.3) is 0 Å². The van der Waals surface area contributed by atoms with E-state index in [1.807, 2.05) is 43.3 Å². The Morgan fingerprint density at radius 3 is 2.52 bits per heavy atom. The molecule has 176 valence electrons. The summed E-state index contributed by atoms with van der Waals surface area (Å²) in [6.45, 7) is 3.10. The van der Waals surface area contributed by atoms with Crippen LogP contribution in [0.5, 0.6) is 11.5 Å². The Morgan fingerprint density at radius 2 is 1.85 bits per heavy atom. The lowest BCUT2D eigenvalue weighted by atomic mass is 9.76. The maximum absolute atomic E-state index is 12.7. The van der Waals surface area contributed by atoms with Gasteiger partial charge in [0.1, 0.15) is 0 Å². The number of carbonyl (C=O) groups excluding carboxylic acids is 1. The quantitative estimate of drug-likeness (QED) is 0.644. The molecule has 2 amide bonds. The molecule has 7 nitrogen and oxygen atoms in total. The fourth-order valence-electron chi connectivity index (χ4n) is 5.05. The Morgan fingerprint density at radius 1 is 1.12 bits per heavy atom. The number of amides is 2. The number of hydrogen-bond acceptors (Lipinski definition) is 4. The van der Waals surface area contributed by atoms with Gasteiger partial charge in [0.2, 0.25) is 0 Å². The van der Waals surface area contributed by atoms with E-state index >= 15 is 0 Å². The monoisotopic (exact) mass is 452 g/mol. The fourth-order valence-corrected chi connectivity index (χ4v) is 5.05. The van der Waals surface area contributed by atoms with Crippen LogP contribution in [-0.4, -0.2) is 54.9 Å². The van der Waals surface area contributed by atoms with Crippen molar-refractivity contribution in [2.75, 3.05) is 26.7 Å². The summed E-state index contributed by atoms with van der Waals surface area (Å²) in [7, 11) is 1.63. The van der Waals surface area contributed by atoms with E-state index in [0.717, 1.165) is 18.4 Å². The van der Waals surface area contributed by atoms with Crippen LogP contribution in [0.3, 0.4) is 0 Å². The summed E-state index contributed by atoms with van der Waals surface area (Å²) in [5.41, 5.74) is 1.11. The summed E-state index contributed by atoms with van der Waals surface area (Å²) in [6.07, 6.45) is 3.64. The van der Waals surface area contributed by atoms with Crippen molar-refractivity contribution in [3.05, 3.63) is 59.7 Å². The fraction of sp³-hybridized carbons (Fsp3) is 0.462. The van der Waals surface area contributed by atoms with Gasteiger partial charge >= 0.3 is 6.09 Å². The highest BCUT2D eigenvalue weighted by atomic mass is 16.5. The molecule has 1 saturated carbocycles. The van der Waals surface area contributed by atoms with Crippen LogP contribution < -0.4 is 14.8 Å². The SMILES string of the molecule is COc1ccc([C@@H]2CN(C(=O)O)C[C@@]2(C)CNC(=O)c2ccccc2)cc1OC1CCCC1. The van der Waals surface area contributed by atoms with Crippen LogP contribution in [0.2, 0.25) is 0 Å². The molecule has 1 saturated heterocycles. The first-order valence-corrected chi connectivity index (χ1v) is 11.6. The molecule has 2 aromatic rings. The summed E-state index contributed by atoms with van der Waals surface area (Å²) in [6, 6.07) is 14.9. The van der Waals surface area contributed by atoms with Crippen molar-refractivity contribution in [1.29, 1.82) is 0 Å². The molecule has 1 aliphatic carbocycles. The molecule has 0 spiro atoms. The first-order valence-electron chi connectivity index (χ1n) is 11.6. The minimum Gasteiger partial charge on any atom is -0.493 e. The molecule has 33 heavy (non-hydrogen) atoms. The molecule has 0 bridgehead atoms. The van der Waals surface area contributed by atoms with E-state index in [0.29, 0.717) is 36.7 Å². The molecule has 0 aromatic heterocycles. The van der Waals surface area contributed by atoms with Crippen LogP contribution in [0.15, 0.2) is 48.5 Å². The number of methoxy groups -OCH3 is 1. The van der Waals surface area contributed by atoms with Gasteiger partial charge in [-0.1, -0.05) is 31.2 Å². The number of carbonyl (C=O) groups is 2. The Balaban J connectivity index is 1.57. The molecule has 2 fully saturated rings.